The van der Waals surface area contributed by atoms with Gasteiger partial charge in [-0.2, -0.15) is 0 Å². The number of nitrogens with zero attached hydrogens (tertiary/aromatic N) is 3. The van der Waals surface area contributed by atoms with Crippen molar-refractivity contribution in [2.45, 2.75) is 18.6 Å². The molecule has 2 bridgehead atoms. The number of fused-ring (bicyclic) bond motifs is 1. The van der Waals surface area contributed by atoms with Crippen molar-refractivity contribution in [3.8, 4) is 0 Å². The van der Waals surface area contributed by atoms with Gasteiger partial charge in [0.15, 0.2) is 0 Å². The third-order valence-corrected chi connectivity index (χ3v) is 4.54. The van der Waals surface area contributed by atoms with Crippen molar-refractivity contribution in [1.82, 2.24) is 14.9 Å². The molecule has 0 unspecified atom stereocenters. The van der Waals surface area contributed by atoms with Crippen molar-refractivity contribution in [2.75, 3.05) is 5.43 Å². The third kappa shape index (κ3) is 1.31. The molecule has 1 aromatic rings. The summed E-state index contributed by atoms with van der Waals surface area (Å²) in [4.78, 5) is 24.1. The average Bonchev–Trinajstić information content (AvgIpc) is 3.07. The predicted octanol–water partition coefficient (Wildman–Crippen LogP) is -1.48. The van der Waals surface area contributed by atoms with Crippen LogP contribution in [0, 0.1) is 23.7 Å². The van der Waals surface area contributed by atoms with E-state index in [1.54, 1.807) is 0 Å². The molecule has 1 amide bonds. The summed E-state index contributed by atoms with van der Waals surface area (Å²) in [5.41, 5.74) is 2.61. The molecule has 8 nitrogen and oxygen atoms in total. The van der Waals surface area contributed by atoms with Gasteiger partial charge in [0.1, 0.15) is 18.8 Å². The molecule has 2 N–H and O–H groups in total. The SMILES string of the molecule is O=C(Nn1cnnc1)[C@@H]1[C@H]2C[C@H]3[C@H](OC(=O)[C@H]31)[C@@H]2O. The minimum atomic E-state index is -0.732. The van der Waals surface area contributed by atoms with Crippen LogP contribution in [0.3, 0.4) is 0 Å². The second-order valence-electron chi connectivity index (χ2n) is 5.35. The van der Waals surface area contributed by atoms with E-state index in [0.717, 1.165) is 0 Å². The van der Waals surface area contributed by atoms with E-state index in [0.29, 0.717) is 6.42 Å². The van der Waals surface area contributed by atoms with Gasteiger partial charge < -0.3 is 9.84 Å². The predicted molar refractivity (Wildman–Crippen MR) is 58.9 cm³/mol. The normalized spacial score (nSPS) is 42.5. The van der Waals surface area contributed by atoms with Crippen molar-refractivity contribution < 1.29 is 19.4 Å². The molecule has 2 saturated carbocycles. The fourth-order valence-electron chi connectivity index (χ4n) is 3.84. The first-order valence-electron chi connectivity index (χ1n) is 6.21. The van der Waals surface area contributed by atoms with Gasteiger partial charge in [-0.1, -0.05) is 0 Å². The van der Waals surface area contributed by atoms with E-state index in [-0.39, 0.29) is 23.7 Å². The smallest absolute Gasteiger partial charge is 0.310 e. The first kappa shape index (κ1) is 10.9. The van der Waals surface area contributed by atoms with Crippen molar-refractivity contribution >= 4 is 11.9 Å². The van der Waals surface area contributed by atoms with Gasteiger partial charge in [0.25, 0.3) is 0 Å². The second-order valence-corrected chi connectivity index (χ2v) is 5.35. The molecule has 2 heterocycles. The van der Waals surface area contributed by atoms with Crippen LogP contribution in [0.1, 0.15) is 6.42 Å². The number of carbonyl (C=O) groups excluding carboxylic acids is 2. The Morgan fingerprint density at radius 2 is 2.16 bits per heavy atom. The third-order valence-electron chi connectivity index (χ3n) is 4.54. The Morgan fingerprint density at radius 1 is 1.42 bits per heavy atom. The van der Waals surface area contributed by atoms with Crippen LogP contribution in [-0.4, -0.2) is 44.1 Å². The first-order chi connectivity index (χ1) is 9.16. The van der Waals surface area contributed by atoms with Crippen molar-refractivity contribution in [2.24, 2.45) is 23.7 Å². The Morgan fingerprint density at radius 3 is 2.89 bits per heavy atom. The van der Waals surface area contributed by atoms with Crippen LogP contribution < -0.4 is 5.43 Å². The second kappa shape index (κ2) is 3.53. The Labute approximate surface area is 107 Å². The highest BCUT2D eigenvalue weighted by Gasteiger charge is 2.68. The molecule has 100 valence electrons. The molecular weight excluding hydrogens is 252 g/mol. The number of aromatic nitrogens is 3. The molecule has 1 saturated heterocycles. The molecule has 8 heteroatoms. The molecule has 2 aliphatic carbocycles. The lowest BCUT2D eigenvalue weighted by Crippen LogP contribution is -2.44. The molecule has 19 heavy (non-hydrogen) atoms. The molecule has 3 fully saturated rings. The summed E-state index contributed by atoms with van der Waals surface area (Å²) in [6.45, 7) is 0. The fourth-order valence-corrected chi connectivity index (χ4v) is 3.84. The number of esters is 1. The van der Waals surface area contributed by atoms with E-state index in [4.69, 9.17) is 4.74 Å². The summed E-state index contributed by atoms with van der Waals surface area (Å²) in [7, 11) is 0. The van der Waals surface area contributed by atoms with Crippen LogP contribution in [0.4, 0.5) is 0 Å². The average molecular weight is 264 g/mol. The lowest BCUT2D eigenvalue weighted by molar-refractivity contribution is -0.146. The number of aliphatic hydroxyl groups excluding tert-OH is 1. The monoisotopic (exact) mass is 264 g/mol. The summed E-state index contributed by atoms with van der Waals surface area (Å²) in [5, 5.41) is 17.2. The van der Waals surface area contributed by atoms with Crippen LogP contribution in [0.25, 0.3) is 0 Å². The lowest BCUT2D eigenvalue weighted by Gasteiger charge is -2.27. The van der Waals surface area contributed by atoms with Gasteiger partial charge in [0, 0.05) is 11.8 Å². The molecule has 6 atom stereocenters. The fraction of sp³-hybridized carbons (Fsp3) is 0.636. The van der Waals surface area contributed by atoms with Crippen molar-refractivity contribution in [1.29, 1.82) is 0 Å². The molecule has 4 rings (SSSR count). The van der Waals surface area contributed by atoms with Crippen LogP contribution in [0.15, 0.2) is 12.7 Å². The number of carbonyl (C=O) groups is 2. The Bertz CT molecular complexity index is 545. The van der Waals surface area contributed by atoms with Gasteiger partial charge in [-0.3, -0.25) is 15.0 Å². The van der Waals surface area contributed by atoms with Gasteiger partial charge in [-0.25, -0.2) is 4.68 Å². The number of amides is 1. The minimum absolute atomic E-state index is 0.0239. The maximum Gasteiger partial charge on any atom is 0.310 e. The number of aliphatic hydroxyl groups is 1. The molecule has 3 aliphatic rings. The number of hydrogen-bond acceptors (Lipinski definition) is 6. The summed E-state index contributed by atoms with van der Waals surface area (Å²) in [5.74, 6) is -1.85. The van der Waals surface area contributed by atoms with Crippen LogP contribution in [0.5, 0.6) is 0 Å². The zero-order valence-corrected chi connectivity index (χ0v) is 9.84. The first-order valence-corrected chi connectivity index (χ1v) is 6.21. The highest BCUT2D eigenvalue weighted by atomic mass is 16.6. The summed E-state index contributed by atoms with van der Waals surface area (Å²) in [6, 6.07) is 0. The number of nitrogens with one attached hydrogen (secondary N) is 1. The molecule has 0 spiro atoms. The van der Waals surface area contributed by atoms with Gasteiger partial charge in [-0.15, -0.1) is 10.2 Å². The highest BCUT2D eigenvalue weighted by molar-refractivity contribution is 5.92. The van der Waals surface area contributed by atoms with Gasteiger partial charge >= 0.3 is 5.97 Å². The zero-order valence-electron chi connectivity index (χ0n) is 9.84. The van der Waals surface area contributed by atoms with E-state index < -0.39 is 24.0 Å². The van der Waals surface area contributed by atoms with E-state index in [2.05, 4.69) is 15.6 Å². The number of hydrogen-bond donors (Lipinski definition) is 2. The zero-order chi connectivity index (χ0) is 13.1. The van der Waals surface area contributed by atoms with Gasteiger partial charge in [0.2, 0.25) is 5.91 Å². The highest BCUT2D eigenvalue weighted by Crippen LogP contribution is 2.57. The molecule has 0 aromatic carbocycles. The largest absolute Gasteiger partial charge is 0.459 e. The molecule has 0 radical (unpaired) electrons. The Kier molecular flexibility index (Phi) is 2.03. The maximum absolute atomic E-state index is 12.3. The van der Waals surface area contributed by atoms with Gasteiger partial charge in [-0.05, 0) is 6.42 Å². The number of ether oxygens (including phenoxy) is 1. The van der Waals surface area contributed by atoms with Crippen molar-refractivity contribution in [3.05, 3.63) is 12.7 Å². The maximum atomic E-state index is 12.3. The van der Waals surface area contributed by atoms with Crippen molar-refractivity contribution in [3.63, 3.8) is 0 Å². The standard InChI is InChI=1S/C11H12N4O4/c16-8-4-1-5-7(11(18)19-9(5)8)6(4)10(17)14-15-2-12-13-3-15/h2-9,16H,1H2,(H,14,17)/t4-,5-,6-,7-,8-,9+/m1/s1. The van der Waals surface area contributed by atoms with Crippen LogP contribution in [0.2, 0.25) is 0 Å². The molecular formula is C11H12N4O4. The summed E-state index contributed by atoms with van der Waals surface area (Å²) in [6.07, 6.45) is 2.24. The van der Waals surface area contributed by atoms with E-state index >= 15 is 0 Å². The van der Waals surface area contributed by atoms with Crippen LogP contribution >= 0.6 is 0 Å². The Balaban J connectivity index is 1.61. The summed E-state index contributed by atoms with van der Waals surface area (Å²) >= 11 is 0. The van der Waals surface area contributed by atoms with E-state index in [9.17, 15) is 14.7 Å². The quantitative estimate of drug-likeness (QED) is 0.631. The van der Waals surface area contributed by atoms with Gasteiger partial charge in [0.05, 0.1) is 17.9 Å². The molecule has 1 aliphatic heterocycles. The number of rotatable bonds is 2. The Hall–Kier alpha value is -1.96. The van der Waals surface area contributed by atoms with E-state index in [1.807, 2.05) is 0 Å². The summed E-state index contributed by atoms with van der Waals surface area (Å²) < 4.78 is 6.50. The lowest BCUT2D eigenvalue weighted by atomic mass is 9.78. The topological polar surface area (TPSA) is 106 Å². The molecule has 1 aromatic heterocycles. The van der Waals surface area contributed by atoms with Crippen LogP contribution in [-0.2, 0) is 14.3 Å². The minimum Gasteiger partial charge on any atom is -0.459 e. The van der Waals surface area contributed by atoms with E-state index in [1.165, 1.54) is 17.3 Å².